The fraction of sp³-hybridized carbons (Fsp3) is 0.435. The van der Waals surface area contributed by atoms with Crippen LogP contribution in [0.15, 0.2) is 51.6 Å². The molecule has 1 aromatic heterocycles. The maximum Gasteiger partial charge on any atom is 0.402 e. The van der Waals surface area contributed by atoms with E-state index in [4.69, 9.17) is 16.0 Å². The van der Waals surface area contributed by atoms with Crippen molar-refractivity contribution in [3.05, 3.63) is 58.9 Å². The number of benzene rings is 1. The minimum Gasteiger partial charge on any atom is -0.437 e. The zero-order valence-corrected chi connectivity index (χ0v) is 19.9. The van der Waals surface area contributed by atoms with E-state index in [1.807, 2.05) is 0 Å². The second kappa shape index (κ2) is 8.72. The molecule has 35 heavy (non-hydrogen) atoms. The van der Waals surface area contributed by atoms with E-state index in [0.717, 1.165) is 5.57 Å². The molecule has 6 nitrogen and oxygen atoms in total. The van der Waals surface area contributed by atoms with Gasteiger partial charge in [-0.3, -0.25) is 0 Å². The SMILES string of the molecule is O=S1(=O)NC2(CN1CC(F)(F)F)C1CCC2CC(C=Cc2ncc(-c3ccc(F)cc3)o2)=C(Cl)C1. The van der Waals surface area contributed by atoms with Gasteiger partial charge in [0.25, 0.3) is 10.2 Å². The normalized spacial score (nSPS) is 28.9. The standard InChI is InChI=1S/C23H22ClF4N3O3S/c24-19-10-17-5-4-16(22(17)12-31(13-23(26,27)28)35(32,33)30-22)9-15(19)3-8-21-29-11-20(34-21)14-1-6-18(25)7-2-14/h1-3,6-8,11,16-17,30H,4-5,9-10,12-13H2. The molecule has 1 saturated heterocycles. The van der Waals surface area contributed by atoms with E-state index >= 15 is 0 Å². The molecule has 1 aromatic carbocycles. The highest BCUT2D eigenvalue weighted by atomic mass is 35.5. The first-order valence-electron chi connectivity index (χ1n) is 11.1. The van der Waals surface area contributed by atoms with E-state index in [1.54, 1.807) is 24.3 Å². The smallest absolute Gasteiger partial charge is 0.402 e. The minimum absolute atomic E-state index is 0.198. The molecule has 2 aliphatic carbocycles. The van der Waals surface area contributed by atoms with Gasteiger partial charge in [-0.05, 0) is 67.4 Å². The van der Waals surface area contributed by atoms with Crippen LogP contribution in [0.4, 0.5) is 17.6 Å². The van der Waals surface area contributed by atoms with E-state index in [-0.39, 0.29) is 24.2 Å². The van der Waals surface area contributed by atoms with Crippen LogP contribution >= 0.6 is 11.6 Å². The number of hydrogen-bond donors (Lipinski definition) is 1. The minimum atomic E-state index is -4.63. The first-order chi connectivity index (χ1) is 16.5. The molecule has 2 aromatic rings. The Balaban J connectivity index is 1.35. The first-order valence-corrected chi connectivity index (χ1v) is 12.9. The number of nitrogens with zero attached hydrogens (tertiary/aromatic N) is 2. The number of hydrogen-bond acceptors (Lipinski definition) is 4. The van der Waals surface area contributed by atoms with Crippen molar-refractivity contribution in [2.75, 3.05) is 13.1 Å². The summed E-state index contributed by atoms with van der Waals surface area (Å²) in [7, 11) is -4.25. The van der Waals surface area contributed by atoms with Gasteiger partial charge in [0, 0.05) is 23.2 Å². The highest BCUT2D eigenvalue weighted by Gasteiger charge is 2.60. The molecule has 2 bridgehead atoms. The lowest BCUT2D eigenvalue weighted by atomic mass is 9.79. The Morgan fingerprint density at radius 1 is 1.17 bits per heavy atom. The van der Waals surface area contributed by atoms with Crippen LogP contribution in [0.2, 0.25) is 0 Å². The summed E-state index contributed by atoms with van der Waals surface area (Å²) in [5.74, 6) is 0.0139. The third kappa shape index (κ3) is 4.78. The van der Waals surface area contributed by atoms with Gasteiger partial charge in [0.15, 0.2) is 5.76 Å². The third-order valence-corrected chi connectivity index (χ3v) is 9.07. The Bertz CT molecular complexity index is 1290. The van der Waals surface area contributed by atoms with Gasteiger partial charge in [-0.2, -0.15) is 30.6 Å². The van der Waals surface area contributed by atoms with Crippen molar-refractivity contribution in [3.63, 3.8) is 0 Å². The highest BCUT2D eigenvalue weighted by Crippen LogP contribution is 2.53. The van der Waals surface area contributed by atoms with Crippen LogP contribution in [0.5, 0.6) is 0 Å². The molecule has 5 rings (SSSR count). The summed E-state index contributed by atoms with van der Waals surface area (Å²) in [6.07, 6.45) is 2.45. The predicted octanol–water partition coefficient (Wildman–Crippen LogP) is 5.26. The van der Waals surface area contributed by atoms with Crippen LogP contribution in [0.3, 0.4) is 0 Å². The largest absolute Gasteiger partial charge is 0.437 e. The average Bonchev–Trinajstić information content (AvgIpc) is 3.40. The van der Waals surface area contributed by atoms with Crippen LogP contribution in [0, 0.1) is 17.7 Å². The molecule has 2 heterocycles. The topological polar surface area (TPSA) is 75.4 Å². The van der Waals surface area contributed by atoms with Gasteiger partial charge < -0.3 is 4.42 Å². The zero-order chi connectivity index (χ0) is 25.0. The van der Waals surface area contributed by atoms with Crippen molar-refractivity contribution >= 4 is 27.9 Å². The second-order valence-corrected chi connectivity index (χ2v) is 11.4. The number of rotatable bonds is 4. The van der Waals surface area contributed by atoms with Gasteiger partial charge in [0.05, 0.1) is 11.7 Å². The van der Waals surface area contributed by atoms with Crippen molar-refractivity contribution in [2.45, 2.75) is 37.4 Å². The lowest BCUT2D eigenvalue weighted by molar-refractivity contribution is -0.136. The predicted molar refractivity (Wildman–Crippen MR) is 122 cm³/mol. The summed E-state index contributed by atoms with van der Waals surface area (Å²) in [4.78, 5) is 4.21. The van der Waals surface area contributed by atoms with Crippen LogP contribution in [0.25, 0.3) is 17.4 Å². The number of oxazole rings is 1. The maximum atomic E-state index is 13.1. The Morgan fingerprint density at radius 3 is 2.54 bits per heavy atom. The molecule has 12 heteroatoms. The van der Waals surface area contributed by atoms with Crippen LogP contribution in [-0.2, 0) is 10.2 Å². The molecule has 3 atom stereocenters. The fourth-order valence-corrected chi connectivity index (χ4v) is 7.50. The molecular formula is C23H22ClF4N3O3S. The molecule has 3 aliphatic rings. The average molecular weight is 532 g/mol. The van der Waals surface area contributed by atoms with E-state index in [9.17, 15) is 26.0 Å². The van der Waals surface area contributed by atoms with Crippen LogP contribution < -0.4 is 4.72 Å². The lowest BCUT2D eigenvalue weighted by Crippen LogP contribution is -2.51. The Morgan fingerprint density at radius 2 is 1.86 bits per heavy atom. The van der Waals surface area contributed by atoms with Crippen molar-refractivity contribution in [2.24, 2.45) is 11.8 Å². The summed E-state index contributed by atoms with van der Waals surface area (Å²) in [6, 6.07) is 5.80. The van der Waals surface area contributed by atoms with Gasteiger partial charge >= 0.3 is 6.18 Å². The number of aromatic nitrogens is 1. The first kappa shape index (κ1) is 24.5. The van der Waals surface area contributed by atoms with E-state index in [0.29, 0.717) is 52.2 Å². The van der Waals surface area contributed by atoms with Crippen LogP contribution in [-0.4, -0.2) is 42.5 Å². The second-order valence-electron chi connectivity index (χ2n) is 9.24. The Hall–Kier alpha value is -2.21. The van der Waals surface area contributed by atoms with E-state index < -0.39 is 28.5 Å². The van der Waals surface area contributed by atoms with Crippen LogP contribution in [0.1, 0.15) is 31.6 Å². The molecule has 1 spiro atoms. The quantitative estimate of drug-likeness (QED) is 0.546. The molecule has 1 N–H and O–H groups in total. The summed E-state index contributed by atoms with van der Waals surface area (Å²) in [5, 5.41) is 0.548. The summed E-state index contributed by atoms with van der Waals surface area (Å²) < 4.78 is 86.1. The van der Waals surface area contributed by atoms with Gasteiger partial charge in [0.1, 0.15) is 12.4 Å². The molecule has 3 unspecified atom stereocenters. The zero-order valence-electron chi connectivity index (χ0n) is 18.4. The highest BCUT2D eigenvalue weighted by molar-refractivity contribution is 7.87. The van der Waals surface area contributed by atoms with Gasteiger partial charge in [-0.1, -0.05) is 17.7 Å². The van der Waals surface area contributed by atoms with Crippen molar-refractivity contribution < 1.29 is 30.4 Å². The van der Waals surface area contributed by atoms with E-state index in [1.165, 1.54) is 18.3 Å². The lowest BCUT2D eigenvalue weighted by Gasteiger charge is -2.34. The maximum absolute atomic E-state index is 13.1. The third-order valence-electron chi connectivity index (χ3n) is 7.09. The fourth-order valence-electron chi connectivity index (χ4n) is 5.46. The summed E-state index contributed by atoms with van der Waals surface area (Å²) in [5.41, 5.74) is 0.452. The molecule has 2 fully saturated rings. The number of nitrogens with one attached hydrogen (secondary N) is 1. The van der Waals surface area contributed by atoms with Gasteiger partial charge in [-0.25, -0.2) is 9.37 Å². The van der Waals surface area contributed by atoms with Gasteiger partial charge in [0.2, 0.25) is 5.89 Å². The molecule has 1 aliphatic heterocycles. The molecule has 0 radical (unpaired) electrons. The van der Waals surface area contributed by atoms with Crippen molar-refractivity contribution in [3.8, 4) is 11.3 Å². The Kier molecular flexibility index (Phi) is 6.10. The van der Waals surface area contributed by atoms with Crippen molar-refractivity contribution in [1.29, 1.82) is 0 Å². The monoisotopic (exact) mass is 531 g/mol. The van der Waals surface area contributed by atoms with E-state index in [2.05, 4.69) is 9.71 Å². The number of halogens is 5. The molecule has 1 saturated carbocycles. The molecule has 0 amide bonds. The molecular weight excluding hydrogens is 510 g/mol. The number of alkyl halides is 3. The van der Waals surface area contributed by atoms with Gasteiger partial charge in [-0.15, -0.1) is 0 Å². The Labute approximate surface area is 204 Å². The molecule has 188 valence electrons. The summed E-state index contributed by atoms with van der Waals surface area (Å²) in [6.45, 7) is -1.75. The van der Waals surface area contributed by atoms with Crippen molar-refractivity contribution in [1.82, 2.24) is 14.0 Å². The number of allylic oxidation sites excluding steroid dienone is 3. The summed E-state index contributed by atoms with van der Waals surface area (Å²) >= 11 is 6.61.